The van der Waals surface area contributed by atoms with Gasteiger partial charge in [-0.05, 0) is 12.5 Å². The molecule has 0 aliphatic rings. The Morgan fingerprint density at radius 2 is 2.11 bits per heavy atom. The summed E-state index contributed by atoms with van der Waals surface area (Å²) in [6.45, 7) is 2.72. The van der Waals surface area contributed by atoms with Gasteiger partial charge in [0, 0.05) is 31.4 Å². The van der Waals surface area contributed by atoms with Crippen molar-refractivity contribution in [3.05, 3.63) is 54.1 Å². The maximum atomic E-state index is 12.1. The first-order chi connectivity index (χ1) is 8.72. The van der Waals surface area contributed by atoms with E-state index in [-0.39, 0.29) is 18.2 Å². The number of imidazole rings is 1. The minimum atomic E-state index is -0.277. The summed E-state index contributed by atoms with van der Waals surface area (Å²) in [5.41, 5.74) is 7.01. The lowest BCUT2D eigenvalue weighted by Gasteiger charge is -2.11. The van der Waals surface area contributed by atoms with E-state index >= 15 is 0 Å². The van der Waals surface area contributed by atoms with Gasteiger partial charge in [-0.15, -0.1) is 0 Å². The predicted octanol–water partition coefficient (Wildman–Crippen LogP) is 2.18. The summed E-state index contributed by atoms with van der Waals surface area (Å²) in [5.74, 6) is 0.474. The number of carbonyl (C=O) groups excluding carboxylic acids is 1. The number of carbonyl (C=O) groups is 1. The Balaban J connectivity index is 2.08. The van der Waals surface area contributed by atoms with E-state index in [0.717, 1.165) is 12.1 Å². The largest absolute Gasteiger partial charge is 0.329 e. The number of nitrogens with zero attached hydrogens (tertiary/aromatic N) is 2. The van der Waals surface area contributed by atoms with Gasteiger partial charge in [-0.3, -0.25) is 4.79 Å². The van der Waals surface area contributed by atoms with Crippen LogP contribution in [0.5, 0.6) is 0 Å². The molecule has 2 aromatic rings. The lowest BCUT2D eigenvalue weighted by Crippen LogP contribution is -2.18. The summed E-state index contributed by atoms with van der Waals surface area (Å²) in [4.78, 5) is 16.2. The molecule has 2 N–H and O–H groups in total. The molecular weight excluding hydrogens is 226 g/mol. The molecule has 0 saturated carbocycles. The SMILES string of the molecule is CCn1ccnc1C(=O)CC(N)c1ccccc1. The van der Waals surface area contributed by atoms with Crippen molar-refractivity contribution in [2.24, 2.45) is 5.73 Å². The zero-order valence-electron chi connectivity index (χ0n) is 10.4. The van der Waals surface area contributed by atoms with Gasteiger partial charge >= 0.3 is 0 Å². The normalized spacial score (nSPS) is 12.3. The highest BCUT2D eigenvalue weighted by Gasteiger charge is 2.16. The quantitative estimate of drug-likeness (QED) is 0.819. The fourth-order valence-corrected chi connectivity index (χ4v) is 1.93. The van der Waals surface area contributed by atoms with Crippen LogP contribution in [-0.2, 0) is 6.54 Å². The number of hydrogen-bond acceptors (Lipinski definition) is 3. The molecule has 2 rings (SSSR count). The highest BCUT2D eigenvalue weighted by molar-refractivity contribution is 5.93. The van der Waals surface area contributed by atoms with Crippen molar-refractivity contribution in [1.82, 2.24) is 9.55 Å². The third-order valence-electron chi connectivity index (χ3n) is 2.94. The Hall–Kier alpha value is -1.94. The number of ketones is 1. The molecule has 1 heterocycles. The van der Waals surface area contributed by atoms with Crippen LogP contribution in [0.3, 0.4) is 0 Å². The molecule has 0 spiro atoms. The summed E-state index contributed by atoms with van der Waals surface area (Å²) in [5, 5.41) is 0. The van der Waals surface area contributed by atoms with Gasteiger partial charge in [0.2, 0.25) is 0 Å². The van der Waals surface area contributed by atoms with Crippen molar-refractivity contribution in [1.29, 1.82) is 0 Å². The molecule has 0 fully saturated rings. The number of rotatable bonds is 5. The van der Waals surface area contributed by atoms with Gasteiger partial charge in [-0.25, -0.2) is 4.98 Å². The smallest absolute Gasteiger partial charge is 0.200 e. The van der Waals surface area contributed by atoms with E-state index in [0.29, 0.717) is 5.82 Å². The fourth-order valence-electron chi connectivity index (χ4n) is 1.93. The average Bonchev–Trinajstić information content (AvgIpc) is 2.88. The molecule has 0 saturated heterocycles. The minimum absolute atomic E-state index is 0.0156. The van der Waals surface area contributed by atoms with Crippen molar-refractivity contribution < 1.29 is 4.79 Å². The van der Waals surface area contributed by atoms with Gasteiger partial charge in [0.1, 0.15) is 0 Å². The molecule has 1 aromatic heterocycles. The van der Waals surface area contributed by atoms with E-state index in [4.69, 9.17) is 5.73 Å². The highest BCUT2D eigenvalue weighted by Crippen LogP contribution is 2.15. The van der Waals surface area contributed by atoms with Crippen molar-refractivity contribution in [3.8, 4) is 0 Å². The van der Waals surface area contributed by atoms with Crippen molar-refractivity contribution >= 4 is 5.78 Å². The maximum Gasteiger partial charge on any atom is 0.200 e. The average molecular weight is 243 g/mol. The summed E-state index contributed by atoms with van der Waals surface area (Å²) < 4.78 is 1.83. The molecule has 0 bridgehead atoms. The van der Waals surface area contributed by atoms with Crippen molar-refractivity contribution in [2.45, 2.75) is 25.9 Å². The topological polar surface area (TPSA) is 60.9 Å². The van der Waals surface area contributed by atoms with Crippen LogP contribution in [0.1, 0.15) is 35.6 Å². The third-order valence-corrected chi connectivity index (χ3v) is 2.94. The Morgan fingerprint density at radius 1 is 1.39 bits per heavy atom. The zero-order valence-corrected chi connectivity index (χ0v) is 10.4. The van der Waals surface area contributed by atoms with Crippen LogP contribution < -0.4 is 5.73 Å². The van der Waals surface area contributed by atoms with Crippen LogP contribution in [-0.4, -0.2) is 15.3 Å². The van der Waals surface area contributed by atoms with Crippen LogP contribution in [0, 0.1) is 0 Å². The molecule has 18 heavy (non-hydrogen) atoms. The molecule has 4 nitrogen and oxygen atoms in total. The summed E-state index contributed by atoms with van der Waals surface area (Å²) in [7, 11) is 0. The van der Waals surface area contributed by atoms with E-state index < -0.39 is 0 Å². The van der Waals surface area contributed by atoms with Gasteiger partial charge in [-0.2, -0.15) is 0 Å². The molecular formula is C14H17N3O. The van der Waals surface area contributed by atoms with Gasteiger partial charge in [0.15, 0.2) is 11.6 Å². The highest BCUT2D eigenvalue weighted by atomic mass is 16.1. The second-order valence-electron chi connectivity index (χ2n) is 4.18. The Labute approximate surface area is 106 Å². The molecule has 4 heteroatoms. The van der Waals surface area contributed by atoms with E-state index in [2.05, 4.69) is 4.98 Å². The fraction of sp³-hybridized carbons (Fsp3) is 0.286. The molecule has 1 unspecified atom stereocenters. The summed E-state index contributed by atoms with van der Waals surface area (Å²) in [6.07, 6.45) is 3.73. The Kier molecular flexibility index (Phi) is 3.89. The first kappa shape index (κ1) is 12.5. The number of aryl methyl sites for hydroxylation is 1. The molecule has 1 atom stereocenters. The van der Waals surface area contributed by atoms with Crippen LogP contribution in [0.4, 0.5) is 0 Å². The summed E-state index contributed by atoms with van der Waals surface area (Å²) >= 11 is 0. The van der Waals surface area contributed by atoms with E-state index in [1.807, 2.05) is 41.8 Å². The number of benzene rings is 1. The van der Waals surface area contributed by atoms with E-state index in [1.165, 1.54) is 0 Å². The third kappa shape index (κ3) is 2.65. The van der Waals surface area contributed by atoms with Crippen LogP contribution in [0.2, 0.25) is 0 Å². The van der Waals surface area contributed by atoms with Gasteiger partial charge in [0.25, 0.3) is 0 Å². The second kappa shape index (κ2) is 5.60. The zero-order chi connectivity index (χ0) is 13.0. The summed E-state index contributed by atoms with van der Waals surface area (Å²) in [6, 6.07) is 9.37. The van der Waals surface area contributed by atoms with Crippen LogP contribution >= 0.6 is 0 Å². The lowest BCUT2D eigenvalue weighted by atomic mass is 10.0. The van der Waals surface area contributed by atoms with E-state index in [1.54, 1.807) is 12.4 Å². The number of Topliss-reactive ketones (excluding diaryl/α,β-unsaturated/α-hetero) is 1. The van der Waals surface area contributed by atoms with Gasteiger partial charge in [-0.1, -0.05) is 30.3 Å². The monoisotopic (exact) mass is 243 g/mol. The Morgan fingerprint density at radius 3 is 2.78 bits per heavy atom. The van der Waals surface area contributed by atoms with Crippen molar-refractivity contribution in [2.75, 3.05) is 0 Å². The second-order valence-corrected chi connectivity index (χ2v) is 4.18. The molecule has 0 amide bonds. The van der Waals surface area contributed by atoms with E-state index in [9.17, 15) is 4.79 Å². The number of nitrogens with two attached hydrogens (primary N) is 1. The molecule has 0 radical (unpaired) electrons. The number of aromatic nitrogens is 2. The molecule has 0 aliphatic carbocycles. The predicted molar refractivity (Wildman–Crippen MR) is 70.2 cm³/mol. The molecule has 0 aliphatic heterocycles. The molecule has 1 aromatic carbocycles. The van der Waals surface area contributed by atoms with Crippen molar-refractivity contribution in [3.63, 3.8) is 0 Å². The van der Waals surface area contributed by atoms with Crippen LogP contribution in [0.25, 0.3) is 0 Å². The molecule has 94 valence electrons. The lowest BCUT2D eigenvalue weighted by molar-refractivity contribution is 0.0960. The van der Waals surface area contributed by atoms with Gasteiger partial charge in [0.05, 0.1) is 0 Å². The minimum Gasteiger partial charge on any atom is -0.329 e. The first-order valence-electron chi connectivity index (χ1n) is 6.07. The maximum absolute atomic E-state index is 12.1. The number of hydrogen-bond donors (Lipinski definition) is 1. The Bertz CT molecular complexity index is 519. The standard InChI is InChI=1S/C14H17N3O/c1-2-17-9-8-16-14(17)13(18)10-12(15)11-6-4-3-5-7-11/h3-9,12H,2,10,15H2,1H3. The van der Waals surface area contributed by atoms with Crippen LogP contribution in [0.15, 0.2) is 42.7 Å². The first-order valence-corrected chi connectivity index (χ1v) is 6.07. The van der Waals surface area contributed by atoms with Gasteiger partial charge < -0.3 is 10.3 Å².